The van der Waals surface area contributed by atoms with Gasteiger partial charge in [0, 0.05) is 18.0 Å². The predicted molar refractivity (Wildman–Crippen MR) is 114 cm³/mol. The van der Waals surface area contributed by atoms with Gasteiger partial charge in [0.1, 0.15) is 6.04 Å². The number of aliphatic carboxylic acids is 1. The van der Waals surface area contributed by atoms with Crippen LogP contribution in [0.4, 0.5) is 5.69 Å². The largest absolute Gasteiger partial charge is 0.481 e. The summed E-state index contributed by atoms with van der Waals surface area (Å²) in [5.41, 5.74) is 2.49. The van der Waals surface area contributed by atoms with Gasteiger partial charge in [0.15, 0.2) is 0 Å². The molecule has 4 rings (SSSR count). The maximum Gasteiger partial charge on any atom is 0.303 e. The fraction of sp³-hybridized carbons (Fsp3) is 0.273. The molecular weight excluding hydrogens is 422 g/mol. The van der Waals surface area contributed by atoms with E-state index in [0.717, 1.165) is 11.1 Å². The Morgan fingerprint density at radius 1 is 1.10 bits per heavy atom. The van der Waals surface area contributed by atoms with Crippen molar-refractivity contribution in [2.24, 2.45) is 0 Å². The van der Waals surface area contributed by atoms with Crippen LogP contribution in [0.25, 0.3) is 11.1 Å². The molecule has 0 aliphatic carbocycles. The first-order valence-electron chi connectivity index (χ1n) is 9.86. The summed E-state index contributed by atoms with van der Waals surface area (Å²) in [6.45, 7) is 0.311. The zero-order chi connectivity index (χ0) is 22.1. The highest BCUT2D eigenvalue weighted by molar-refractivity contribution is 6.30. The second kappa shape index (κ2) is 8.39. The third-order valence-corrected chi connectivity index (χ3v) is 5.78. The van der Waals surface area contributed by atoms with Gasteiger partial charge in [0.2, 0.25) is 11.8 Å². The molecular formula is C22H20ClN3O5. The molecule has 3 amide bonds. The average molecular weight is 442 g/mol. The molecule has 3 N–H and O–H groups in total. The van der Waals surface area contributed by atoms with Crippen LogP contribution in [-0.4, -0.2) is 52.3 Å². The normalized spacial score (nSPS) is 19.8. The Balaban J connectivity index is 1.58. The molecule has 2 unspecified atom stereocenters. The lowest BCUT2D eigenvalue weighted by Crippen LogP contribution is -2.51. The summed E-state index contributed by atoms with van der Waals surface area (Å²) in [6.07, 6.45) is -0.0649. The fourth-order valence-electron chi connectivity index (χ4n) is 4.01. The summed E-state index contributed by atoms with van der Waals surface area (Å²) in [5.74, 6) is -2.21. The van der Waals surface area contributed by atoms with E-state index in [1.165, 1.54) is 4.90 Å². The highest BCUT2D eigenvalue weighted by Gasteiger charge is 2.45. The van der Waals surface area contributed by atoms with Crippen molar-refractivity contribution in [3.05, 3.63) is 53.1 Å². The van der Waals surface area contributed by atoms with Crippen molar-refractivity contribution in [1.82, 2.24) is 10.2 Å². The Hall–Kier alpha value is -3.39. The summed E-state index contributed by atoms with van der Waals surface area (Å²) in [6, 6.07) is 11.1. The first-order chi connectivity index (χ1) is 14.8. The SMILES string of the molecule is O=C(O)CCC(=O)NC1CCN2C(=O)c3cc(-c4ccc(Cl)cc4)ccc3NC(=O)C12. The van der Waals surface area contributed by atoms with Crippen LogP contribution >= 0.6 is 11.6 Å². The number of carbonyl (C=O) groups is 4. The second-order valence-corrected chi connectivity index (χ2v) is 7.99. The number of carboxylic acid groups (broad SMARTS) is 1. The molecule has 9 heteroatoms. The zero-order valence-corrected chi connectivity index (χ0v) is 17.2. The Labute approximate surface area is 183 Å². The minimum atomic E-state index is -1.07. The van der Waals surface area contributed by atoms with Crippen molar-refractivity contribution in [3.63, 3.8) is 0 Å². The third kappa shape index (κ3) is 4.25. The van der Waals surface area contributed by atoms with Gasteiger partial charge in [-0.15, -0.1) is 0 Å². The van der Waals surface area contributed by atoms with E-state index in [0.29, 0.717) is 29.2 Å². The lowest BCUT2D eigenvalue weighted by atomic mass is 10.0. The molecule has 1 saturated heterocycles. The number of anilines is 1. The number of carbonyl (C=O) groups excluding carboxylic acids is 3. The maximum atomic E-state index is 13.3. The number of fused-ring (bicyclic) bond motifs is 2. The topological polar surface area (TPSA) is 116 Å². The smallest absolute Gasteiger partial charge is 0.303 e. The number of hydrogen-bond donors (Lipinski definition) is 3. The number of halogens is 1. The number of carboxylic acids is 1. The van der Waals surface area contributed by atoms with E-state index in [2.05, 4.69) is 10.6 Å². The highest BCUT2D eigenvalue weighted by Crippen LogP contribution is 2.32. The second-order valence-electron chi connectivity index (χ2n) is 7.56. The van der Waals surface area contributed by atoms with Crippen LogP contribution in [0.2, 0.25) is 5.02 Å². The van der Waals surface area contributed by atoms with Gasteiger partial charge in [-0.3, -0.25) is 19.2 Å². The quantitative estimate of drug-likeness (QED) is 0.659. The summed E-state index contributed by atoms with van der Waals surface area (Å²) < 4.78 is 0. The molecule has 160 valence electrons. The average Bonchev–Trinajstić information content (AvgIpc) is 3.12. The molecule has 2 aromatic carbocycles. The van der Waals surface area contributed by atoms with Crippen molar-refractivity contribution in [2.45, 2.75) is 31.3 Å². The summed E-state index contributed by atoms with van der Waals surface area (Å²) >= 11 is 5.95. The monoisotopic (exact) mass is 441 g/mol. The van der Waals surface area contributed by atoms with Crippen LogP contribution in [0.1, 0.15) is 29.6 Å². The number of nitrogens with one attached hydrogen (secondary N) is 2. The molecule has 0 spiro atoms. The van der Waals surface area contributed by atoms with Crippen molar-refractivity contribution < 1.29 is 24.3 Å². The minimum Gasteiger partial charge on any atom is -0.481 e. The Kier molecular flexibility index (Phi) is 5.65. The highest BCUT2D eigenvalue weighted by atomic mass is 35.5. The van der Waals surface area contributed by atoms with Crippen molar-refractivity contribution in [2.75, 3.05) is 11.9 Å². The van der Waals surface area contributed by atoms with Gasteiger partial charge >= 0.3 is 5.97 Å². The Morgan fingerprint density at radius 2 is 1.81 bits per heavy atom. The minimum absolute atomic E-state index is 0.182. The van der Waals surface area contributed by atoms with E-state index >= 15 is 0 Å². The Morgan fingerprint density at radius 3 is 2.52 bits per heavy atom. The summed E-state index contributed by atoms with van der Waals surface area (Å²) in [7, 11) is 0. The number of nitrogens with zero attached hydrogens (tertiary/aromatic N) is 1. The van der Waals surface area contributed by atoms with E-state index in [9.17, 15) is 19.2 Å². The van der Waals surface area contributed by atoms with E-state index in [-0.39, 0.29) is 24.7 Å². The fourth-order valence-corrected chi connectivity index (χ4v) is 4.13. The van der Waals surface area contributed by atoms with Crippen molar-refractivity contribution in [1.29, 1.82) is 0 Å². The summed E-state index contributed by atoms with van der Waals surface area (Å²) in [5, 5.41) is 14.9. The standard InChI is InChI=1S/C22H20ClN3O5/c23-14-4-1-12(2-5-14)13-3-6-16-15(11-13)22(31)26-10-9-17(20(26)21(30)25-16)24-18(27)7-8-19(28)29/h1-6,11,17,20H,7-10H2,(H,24,27)(H,25,30)(H,28,29). The van der Waals surface area contributed by atoms with Gasteiger partial charge in [-0.05, 0) is 41.8 Å². The van der Waals surface area contributed by atoms with Crippen LogP contribution in [0.3, 0.4) is 0 Å². The van der Waals surface area contributed by atoms with Gasteiger partial charge in [-0.25, -0.2) is 0 Å². The lowest BCUT2D eigenvalue weighted by molar-refractivity contribution is -0.139. The van der Waals surface area contributed by atoms with E-state index < -0.39 is 24.0 Å². The van der Waals surface area contributed by atoms with Gasteiger partial charge in [-0.2, -0.15) is 0 Å². The summed E-state index contributed by atoms with van der Waals surface area (Å²) in [4.78, 5) is 50.4. The van der Waals surface area contributed by atoms with Crippen molar-refractivity contribution in [3.8, 4) is 11.1 Å². The lowest BCUT2D eigenvalue weighted by Gasteiger charge is -2.24. The van der Waals surface area contributed by atoms with Gasteiger partial charge in [-0.1, -0.05) is 29.8 Å². The molecule has 0 radical (unpaired) electrons. The Bertz CT molecular complexity index is 1070. The van der Waals surface area contributed by atoms with Gasteiger partial charge in [0.05, 0.1) is 23.7 Å². The molecule has 2 heterocycles. The van der Waals surface area contributed by atoms with E-state index in [1.54, 1.807) is 24.3 Å². The first-order valence-corrected chi connectivity index (χ1v) is 10.2. The number of benzene rings is 2. The predicted octanol–water partition coefficient (Wildman–Crippen LogP) is 2.52. The number of rotatable bonds is 5. The third-order valence-electron chi connectivity index (χ3n) is 5.53. The molecule has 2 aliphatic heterocycles. The maximum absolute atomic E-state index is 13.3. The molecule has 0 aromatic heterocycles. The molecule has 0 bridgehead atoms. The molecule has 0 saturated carbocycles. The van der Waals surface area contributed by atoms with Gasteiger partial charge in [0.25, 0.3) is 5.91 Å². The first kappa shape index (κ1) is 20.9. The van der Waals surface area contributed by atoms with Crippen LogP contribution in [0, 0.1) is 0 Å². The zero-order valence-electron chi connectivity index (χ0n) is 16.4. The molecule has 2 atom stereocenters. The van der Waals surface area contributed by atoms with E-state index in [4.69, 9.17) is 16.7 Å². The molecule has 2 aromatic rings. The van der Waals surface area contributed by atoms with E-state index in [1.807, 2.05) is 18.2 Å². The molecule has 8 nitrogen and oxygen atoms in total. The van der Waals surface area contributed by atoms with Crippen molar-refractivity contribution >= 4 is 41.0 Å². The molecule has 2 aliphatic rings. The van der Waals surface area contributed by atoms with Crippen LogP contribution in [-0.2, 0) is 14.4 Å². The number of amides is 3. The van der Waals surface area contributed by atoms with Crippen LogP contribution < -0.4 is 10.6 Å². The van der Waals surface area contributed by atoms with Crippen LogP contribution in [0.5, 0.6) is 0 Å². The van der Waals surface area contributed by atoms with Crippen LogP contribution in [0.15, 0.2) is 42.5 Å². The number of hydrogen-bond acceptors (Lipinski definition) is 4. The molecule has 31 heavy (non-hydrogen) atoms. The van der Waals surface area contributed by atoms with Gasteiger partial charge < -0.3 is 20.6 Å². The molecule has 1 fully saturated rings.